The summed E-state index contributed by atoms with van der Waals surface area (Å²) in [5, 5.41) is 0. The molecule has 0 bridgehead atoms. The normalized spacial score (nSPS) is 18.0. The van der Waals surface area contributed by atoms with E-state index < -0.39 is 0 Å². The van der Waals surface area contributed by atoms with Crippen molar-refractivity contribution in [3.63, 3.8) is 0 Å². The van der Waals surface area contributed by atoms with Crippen LogP contribution >= 0.6 is 0 Å². The summed E-state index contributed by atoms with van der Waals surface area (Å²) >= 11 is 0. The summed E-state index contributed by atoms with van der Waals surface area (Å²) in [6.07, 6.45) is 5.13. The van der Waals surface area contributed by atoms with E-state index >= 15 is 0 Å². The molecule has 5 rings (SSSR count). The second-order valence-electron chi connectivity index (χ2n) is 7.25. The zero-order valence-corrected chi connectivity index (χ0v) is 16.0. The highest BCUT2D eigenvalue weighted by Crippen LogP contribution is 2.43. The summed E-state index contributed by atoms with van der Waals surface area (Å²) in [7, 11) is 0. The Morgan fingerprint density at radius 2 is 1.97 bits per heavy atom. The molecule has 1 aromatic heterocycles. The smallest absolute Gasteiger partial charge is 0.231 e. The molecular formula is C24H20N2O3. The van der Waals surface area contributed by atoms with Crippen LogP contribution in [0.25, 0.3) is 6.08 Å². The molecule has 5 nitrogen and oxygen atoms in total. The highest BCUT2D eigenvalue weighted by molar-refractivity contribution is 6.15. The van der Waals surface area contributed by atoms with Crippen LogP contribution in [0, 0.1) is 0 Å². The maximum atomic E-state index is 12.9. The Balaban J connectivity index is 1.46. The first-order valence-corrected chi connectivity index (χ1v) is 9.62. The molecule has 0 saturated carbocycles. The van der Waals surface area contributed by atoms with E-state index in [0.717, 1.165) is 16.9 Å². The number of nitrogens with zero attached hydrogens (tertiary/aromatic N) is 2. The van der Waals surface area contributed by atoms with Gasteiger partial charge in [0.1, 0.15) is 18.2 Å². The number of fused-ring (bicyclic) bond motifs is 3. The van der Waals surface area contributed by atoms with E-state index in [4.69, 9.17) is 9.47 Å². The van der Waals surface area contributed by atoms with Crippen molar-refractivity contribution in [1.29, 1.82) is 0 Å². The Kier molecular flexibility index (Phi) is 4.37. The standard InChI is InChI=1S/C24H20N2O3/c1-16(18-7-3-2-4-8-18)26-14-20-21(28-15-26)10-9-19-23(27)22(29-24(19)20)12-17-6-5-11-25-13-17/h2-13,16H,14-15H2,1H3/b22-12-. The van der Waals surface area contributed by atoms with Crippen molar-refractivity contribution in [1.82, 2.24) is 9.88 Å². The lowest BCUT2D eigenvalue weighted by Gasteiger charge is -2.34. The first kappa shape index (κ1) is 17.6. The van der Waals surface area contributed by atoms with Crippen LogP contribution in [0.2, 0.25) is 0 Å². The number of allylic oxidation sites excluding steroid dienone is 1. The molecule has 2 aliphatic heterocycles. The lowest BCUT2D eigenvalue weighted by atomic mass is 10.0. The van der Waals surface area contributed by atoms with Crippen LogP contribution in [-0.2, 0) is 6.54 Å². The fourth-order valence-corrected chi connectivity index (χ4v) is 3.78. The molecule has 3 heterocycles. The molecule has 0 aliphatic carbocycles. The second kappa shape index (κ2) is 7.18. The Bertz CT molecular complexity index is 1090. The number of pyridine rings is 1. The number of aromatic nitrogens is 1. The van der Waals surface area contributed by atoms with Gasteiger partial charge in [-0.25, -0.2) is 0 Å². The first-order chi connectivity index (χ1) is 14.2. The van der Waals surface area contributed by atoms with E-state index in [-0.39, 0.29) is 11.8 Å². The van der Waals surface area contributed by atoms with E-state index in [1.165, 1.54) is 5.56 Å². The van der Waals surface area contributed by atoms with Gasteiger partial charge in [0.15, 0.2) is 5.76 Å². The van der Waals surface area contributed by atoms with Crippen LogP contribution in [0.4, 0.5) is 0 Å². The van der Waals surface area contributed by atoms with Gasteiger partial charge in [-0.05, 0) is 42.3 Å². The summed E-state index contributed by atoms with van der Waals surface area (Å²) in [4.78, 5) is 19.2. The molecule has 0 amide bonds. The average molecular weight is 384 g/mol. The third-order valence-corrected chi connectivity index (χ3v) is 5.46. The second-order valence-corrected chi connectivity index (χ2v) is 7.25. The predicted octanol–water partition coefficient (Wildman–Crippen LogP) is 4.61. The minimum absolute atomic E-state index is 0.111. The van der Waals surface area contributed by atoms with Gasteiger partial charge in [0.25, 0.3) is 0 Å². The van der Waals surface area contributed by atoms with E-state index in [9.17, 15) is 4.79 Å². The van der Waals surface area contributed by atoms with Crippen molar-refractivity contribution in [3.05, 3.63) is 95.0 Å². The van der Waals surface area contributed by atoms with Crippen molar-refractivity contribution in [2.75, 3.05) is 6.73 Å². The number of ketones is 1. The molecule has 2 aliphatic rings. The molecule has 0 spiro atoms. The molecule has 0 radical (unpaired) electrons. The Hall–Kier alpha value is -3.44. The number of benzene rings is 2. The Morgan fingerprint density at radius 1 is 1.10 bits per heavy atom. The van der Waals surface area contributed by atoms with Crippen molar-refractivity contribution in [2.45, 2.75) is 19.5 Å². The third-order valence-electron chi connectivity index (χ3n) is 5.46. The van der Waals surface area contributed by atoms with Crippen LogP contribution in [0.15, 0.2) is 72.8 Å². The predicted molar refractivity (Wildman–Crippen MR) is 110 cm³/mol. The van der Waals surface area contributed by atoms with Gasteiger partial charge in [0, 0.05) is 25.0 Å². The zero-order valence-electron chi connectivity index (χ0n) is 16.0. The number of ether oxygens (including phenoxy) is 2. The number of rotatable bonds is 3. The highest BCUT2D eigenvalue weighted by atomic mass is 16.5. The fourth-order valence-electron chi connectivity index (χ4n) is 3.78. The van der Waals surface area contributed by atoms with Gasteiger partial charge < -0.3 is 9.47 Å². The van der Waals surface area contributed by atoms with Gasteiger partial charge in [0.05, 0.1) is 11.1 Å². The Labute approximate surface area is 169 Å². The Morgan fingerprint density at radius 3 is 2.76 bits per heavy atom. The maximum absolute atomic E-state index is 12.9. The number of Topliss-reactive ketones (excluding diaryl/α,β-unsaturated/α-hetero) is 1. The molecule has 0 fully saturated rings. The SMILES string of the molecule is CC(c1ccccc1)N1COc2ccc3c(c2C1)O/C(=C\c1cccnc1)C3=O. The number of carbonyl (C=O) groups is 1. The van der Waals surface area contributed by atoms with Crippen LogP contribution in [0.3, 0.4) is 0 Å². The molecular weight excluding hydrogens is 364 g/mol. The molecule has 1 atom stereocenters. The molecule has 0 saturated heterocycles. The summed E-state index contributed by atoms with van der Waals surface area (Å²) in [6, 6.07) is 17.9. The third kappa shape index (κ3) is 3.19. The van der Waals surface area contributed by atoms with Crippen molar-refractivity contribution in [2.24, 2.45) is 0 Å². The van der Waals surface area contributed by atoms with E-state index in [1.807, 2.05) is 36.4 Å². The molecule has 0 N–H and O–H groups in total. The molecule has 1 unspecified atom stereocenters. The number of carbonyl (C=O) groups excluding carboxylic acids is 1. The minimum atomic E-state index is -0.111. The van der Waals surface area contributed by atoms with Crippen LogP contribution in [0.5, 0.6) is 11.5 Å². The lowest BCUT2D eigenvalue weighted by Crippen LogP contribution is -2.34. The van der Waals surface area contributed by atoms with E-state index in [0.29, 0.717) is 30.3 Å². The number of hydrogen-bond donors (Lipinski definition) is 0. The first-order valence-electron chi connectivity index (χ1n) is 9.62. The van der Waals surface area contributed by atoms with Gasteiger partial charge in [-0.15, -0.1) is 0 Å². The number of hydrogen-bond acceptors (Lipinski definition) is 5. The summed E-state index contributed by atoms with van der Waals surface area (Å²) in [5.41, 5.74) is 3.55. The van der Waals surface area contributed by atoms with Crippen LogP contribution in [-0.4, -0.2) is 22.4 Å². The van der Waals surface area contributed by atoms with E-state index in [1.54, 1.807) is 24.5 Å². The highest BCUT2D eigenvalue weighted by Gasteiger charge is 2.34. The quantitative estimate of drug-likeness (QED) is 0.617. The van der Waals surface area contributed by atoms with Gasteiger partial charge in [-0.1, -0.05) is 36.4 Å². The van der Waals surface area contributed by atoms with Crippen molar-refractivity contribution >= 4 is 11.9 Å². The van der Waals surface area contributed by atoms with Gasteiger partial charge >= 0.3 is 0 Å². The minimum Gasteiger partial charge on any atom is -0.478 e. The topological polar surface area (TPSA) is 51.7 Å². The van der Waals surface area contributed by atoms with Gasteiger partial charge in [-0.3, -0.25) is 14.7 Å². The summed E-state index contributed by atoms with van der Waals surface area (Å²) in [6.45, 7) is 3.31. The molecule has 3 aromatic rings. The molecule has 29 heavy (non-hydrogen) atoms. The van der Waals surface area contributed by atoms with Crippen molar-refractivity contribution < 1.29 is 14.3 Å². The van der Waals surface area contributed by atoms with Crippen LogP contribution in [0.1, 0.15) is 40.0 Å². The van der Waals surface area contributed by atoms with E-state index in [2.05, 4.69) is 28.9 Å². The largest absolute Gasteiger partial charge is 0.478 e. The fraction of sp³-hybridized carbons (Fsp3) is 0.167. The molecule has 144 valence electrons. The zero-order chi connectivity index (χ0) is 19.8. The van der Waals surface area contributed by atoms with Crippen LogP contribution < -0.4 is 9.47 Å². The van der Waals surface area contributed by atoms with Crippen molar-refractivity contribution in [3.8, 4) is 11.5 Å². The molecule has 5 heteroatoms. The molecule has 2 aromatic carbocycles. The maximum Gasteiger partial charge on any atom is 0.231 e. The monoisotopic (exact) mass is 384 g/mol. The lowest BCUT2D eigenvalue weighted by molar-refractivity contribution is 0.0606. The average Bonchev–Trinajstić information content (AvgIpc) is 3.10. The van der Waals surface area contributed by atoms with Gasteiger partial charge in [0.2, 0.25) is 5.78 Å². The summed E-state index contributed by atoms with van der Waals surface area (Å²) < 4.78 is 12.0. The van der Waals surface area contributed by atoms with Gasteiger partial charge in [-0.2, -0.15) is 0 Å². The summed E-state index contributed by atoms with van der Waals surface area (Å²) in [5.74, 6) is 1.58.